The zero-order chi connectivity index (χ0) is 24.5. The maximum absolute atomic E-state index is 12.8. The van der Waals surface area contributed by atoms with Gasteiger partial charge in [0, 0.05) is 37.1 Å². The molecule has 35 heavy (non-hydrogen) atoms. The van der Waals surface area contributed by atoms with Crippen molar-refractivity contribution in [3.8, 4) is 5.75 Å². The molecule has 7 heteroatoms. The Kier molecular flexibility index (Phi) is 8.35. The maximum Gasteiger partial charge on any atom is 0.253 e. The summed E-state index contributed by atoms with van der Waals surface area (Å²) in [6, 6.07) is 24.3. The van der Waals surface area contributed by atoms with Gasteiger partial charge in [0.1, 0.15) is 12.4 Å². The first-order chi connectivity index (χ1) is 17.1. The van der Waals surface area contributed by atoms with Crippen molar-refractivity contribution in [1.29, 1.82) is 0 Å². The number of hydrogen-bond acceptors (Lipinski definition) is 5. The first kappa shape index (κ1) is 24.3. The Balaban J connectivity index is 1.24. The summed E-state index contributed by atoms with van der Waals surface area (Å²) in [6.07, 6.45) is 2.30. The molecule has 1 heterocycles. The zero-order valence-electron chi connectivity index (χ0n) is 19.9. The van der Waals surface area contributed by atoms with Gasteiger partial charge in [-0.15, -0.1) is 0 Å². The van der Waals surface area contributed by atoms with Crippen molar-refractivity contribution in [1.82, 2.24) is 4.90 Å². The third-order valence-electron chi connectivity index (χ3n) is 5.77. The second kappa shape index (κ2) is 12.0. The minimum atomic E-state index is -0.203. The quantitative estimate of drug-likeness (QED) is 0.451. The van der Waals surface area contributed by atoms with Gasteiger partial charge in [-0.25, -0.2) is 0 Å². The van der Waals surface area contributed by atoms with Gasteiger partial charge in [0.15, 0.2) is 0 Å². The fourth-order valence-electron chi connectivity index (χ4n) is 3.90. The predicted molar refractivity (Wildman–Crippen MR) is 137 cm³/mol. The van der Waals surface area contributed by atoms with Crippen LogP contribution in [0, 0.1) is 0 Å². The summed E-state index contributed by atoms with van der Waals surface area (Å²) < 4.78 is 11.3. The normalized spacial score (nSPS) is 14.8. The van der Waals surface area contributed by atoms with E-state index in [0.717, 1.165) is 36.4 Å². The number of ether oxygens (including phenoxy) is 2. The average Bonchev–Trinajstić information content (AvgIpc) is 3.41. The van der Waals surface area contributed by atoms with Gasteiger partial charge >= 0.3 is 0 Å². The fourth-order valence-corrected chi connectivity index (χ4v) is 3.90. The lowest BCUT2D eigenvalue weighted by Gasteiger charge is -2.18. The molecule has 0 aliphatic carbocycles. The highest BCUT2D eigenvalue weighted by Gasteiger charge is 2.16. The standard InChI is InChI=1S/C28H31N3O4/c1-31(19-21-7-3-2-4-8-21)28(33)22-9-5-10-24(17-22)30-27(32)18-29-23-12-14-25(15-13-23)35-20-26-11-6-16-34-26/h2-5,7-10,12-15,17,26,29H,6,11,16,18-20H2,1H3,(H,30,32). The maximum atomic E-state index is 12.8. The zero-order valence-corrected chi connectivity index (χ0v) is 19.9. The van der Waals surface area contributed by atoms with Crippen molar-refractivity contribution in [2.24, 2.45) is 0 Å². The van der Waals surface area contributed by atoms with E-state index >= 15 is 0 Å². The van der Waals surface area contributed by atoms with Crippen LogP contribution >= 0.6 is 0 Å². The second-order valence-electron chi connectivity index (χ2n) is 8.60. The van der Waals surface area contributed by atoms with Crippen molar-refractivity contribution in [2.75, 3.05) is 37.4 Å². The van der Waals surface area contributed by atoms with E-state index in [2.05, 4.69) is 10.6 Å². The van der Waals surface area contributed by atoms with Crippen LogP contribution in [-0.4, -0.2) is 49.6 Å². The topological polar surface area (TPSA) is 79.9 Å². The third-order valence-corrected chi connectivity index (χ3v) is 5.77. The molecule has 2 N–H and O–H groups in total. The molecule has 1 aliphatic heterocycles. The Labute approximate surface area is 206 Å². The minimum absolute atomic E-state index is 0.0994. The third kappa shape index (κ3) is 7.32. The first-order valence-corrected chi connectivity index (χ1v) is 11.8. The molecule has 2 amide bonds. The van der Waals surface area contributed by atoms with Gasteiger partial charge in [-0.1, -0.05) is 36.4 Å². The Morgan fingerprint density at radius 2 is 1.80 bits per heavy atom. The van der Waals surface area contributed by atoms with Crippen LogP contribution in [-0.2, 0) is 16.1 Å². The monoisotopic (exact) mass is 473 g/mol. The van der Waals surface area contributed by atoms with E-state index in [1.807, 2.05) is 54.6 Å². The van der Waals surface area contributed by atoms with Crippen LogP contribution in [0.2, 0.25) is 0 Å². The summed E-state index contributed by atoms with van der Waals surface area (Å²) in [5.74, 6) is 0.463. The van der Waals surface area contributed by atoms with Crippen molar-refractivity contribution < 1.29 is 19.1 Å². The van der Waals surface area contributed by atoms with Gasteiger partial charge in [0.2, 0.25) is 5.91 Å². The number of nitrogens with one attached hydrogen (secondary N) is 2. The summed E-state index contributed by atoms with van der Waals surface area (Å²) in [6.45, 7) is 1.98. The molecule has 0 aromatic heterocycles. The van der Waals surface area contributed by atoms with Crippen molar-refractivity contribution in [3.05, 3.63) is 90.0 Å². The summed E-state index contributed by atoms with van der Waals surface area (Å²) in [5, 5.41) is 5.95. The van der Waals surface area contributed by atoms with E-state index in [9.17, 15) is 9.59 Å². The number of benzene rings is 3. The molecule has 1 saturated heterocycles. The Bertz CT molecular complexity index is 1110. The molecule has 0 radical (unpaired) electrons. The lowest BCUT2D eigenvalue weighted by atomic mass is 10.1. The molecule has 0 saturated carbocycles. The number of rotatable bonds is 10. The lowest BCUT2D eigenvalue weighted by Crippen LogP contribution is -2.26. The average molecular weight is 474 g/mol. The van der Waals surface area contributed by atoms with Crippen molar-refractivity contribution in [2.45, 2.75) is 25.5 Å². The highest BCUT2D eigenvalue weighted by Crippen LogP contribution is 2.19. The Morgan fingerprint density at radius 3 is 2.54 bits per heavy atom. The number of carbonyl (C=O) groups is 2. The van der Waals surface area contributed by atoms with Gasteiger partial charge in [0.25, 0.3) is 5.91 Å². The van der Waals surface area contributed by atoms with Crippen molar-refractivity contribution >= 4 is 23.2 Å². The minimum Gasteiger partial charge on any atom is -0.491 e. The molecule has 4 rings (SSSR count). The SMILES string of the molecule is CN(Cc1ccccc1)C(=O)c1cccc(NC(=O)CNc2ccc(OCC3CCCO3)cc2)c1. The number of hydrogen-bond donors (Lipinski definition) is 2. The molecular weight excluding hydrogens is 442 g/mol. The number of anilines is 2. The number of carbonyl (C=O) groups excluding carboxylic acids is 2. The van der Waals surface area contributed by atoms with E-state index < -0.39 is 0 Å². The van der Waals surface area contributed by atoms with E-state index in [1.54, 1.807) is 36.2 Å². The van der Waals surface area contributed by atoms with Crippen LogP contribution in [0.1, 0.15) is 28.8 Å². The molecule has 1 atom stereocenters. The second-order valence-corrected chi connectivity index (χ2v) is 8.60. The molecule has 1 fully saturated rings. The highest BCUT2D eigenvalue weighted by atomic mass is 16.5. The number of nitrogens with zero attached hydrogens (tertiary/aromatic N) is 1. The largest absolute Gasteiger partial charge is 0.491 e. The molecular formula is C28H31N3O4. The summed E-state index contributed by atoms with van der Waals surface area (Å²) >= 11 is 0. The molecule has 1 unspecified atom stereocenters. The molecule has 0 spiro atoms. The van der Waals surface area contributed by atoms with Gasteiger partial charge in [-0.3, -0.25) is 9.59 Å². The van der Waals surface area contributed by atoms with E-state index in [-0.39, 0.29) is 24.5 Å². The van der Waals surface area contributed by atoms with Crippen LogP contribution < -0.4 is 15.4 Å². The van der Waals surface area contributed by atoms with Gasteiger partial charge in [0.05, 0.1) is 12.6 Å². The summed E-state index contributed by atoms with van der Waals surface area (Å²) in [4.78, 5) is 26.9. The van der Waals surface area contributed by atoms with Crippen LogP contribution in [0.4, 0.5) is 11.4 Å². The Morgan fingerprint density at radius 1 is 1.00 bits per heavy atom. The molecule has 0 bridgehead atoms. The van der Waals surface area contributed by atoms with Crippen LogP contribution in [0.5, 0.6) is 5.75 Å². The highest BCUT2D eigenvalue weighted by molar-refractivity contribution is 5.98. The van der Waals surface area contributed by atoms with Crippen LogP contribution in [0.3, 0.4) is 0 Å². The first-order valence-electron chi connectivity index (χ1n) is 11.8. The smallest absolute Gasteiger partial charge is 0.253 e. The van der Waals surface area contributed by atoms with E-state index in [1.165, 1.54) is 0 Å². The molecule has 3 aromatic rings. The molecule has 3 aromatic carbocycles. The molecule has 7 nitrogen and oxygen atoms in total. The lowest BCUT2D eigenvalue weighted by molar-refractivity contribution is -0.114. The molecule has 182 valence electrons. The van der Waals surface area contributed by atoms with E-state index in [4.69, 9.17) is 9.47 Å². The predicted octanol–water partition coefficient (Wildman–Crippen LogP) is 4.57. The van der Waals surface area contributed by atoms with Gasteiger partial charge < -0.3 is 25.0 Å². The summed E-state index contributed by atoms with van der Waals surface area (Å²) in [7, 11) is 1.77. The van der Waals surface area contributed by atoms with Gasteiger partial charge in [-0.2, -0.15) is 0 Å². The van der Waals surface area contributed by atoms with E-state index in [0.29, 0.717) is 24.4 Å². The van der Waals surface area contributed by atoms with Crippen LogP contribution in [0.25, 0.3) is 0 Å². The number of amides is 2. The van der Waals surface area contributed by atoms with Crippen LogP contribution in [0.15, 0.2) is 78.9 Å². The Hall–Kier alpha value is -3.84. The van der Waals surface area contributed by atoms with Crippen molar-refractivity contribution in [3.63, 3.8) is 0 Å². The molecule has 1 aliphatic rings. The fraction of sp³-hybridized carbons (Fsp3) is 0.286. The summed E-state index contributed by atoms with van der Waals surface area (Å²) in [5.41, 5.74) is 2.97. The van der Waals surface area contributed by atoms with Gasteiger partial charge in [-0.05, 0) is 60.9 Å².